The van der Waals surface area contributed by atoms with Gasteiger partial charge in [-0.25, -0.2) is 0 Å². The summed E-state index contributed by atoms with van der Waals surface area (Å²) in [6, 6.07) is 9.02. The summed E-state index contributed by atoms with van der Waals surface area (Å²) in [5, 5.41) is 17.7. The molecule has 3 heteroatoms. The minimum Gasteiger partial charge on any atom is -0.489 e. The van der Waals surface area contributed by atoms with Crippen LogP contribution >= 0.6 is 0 Å². The van der Waals surface area contributed by atoms with Crippen LogP contribution in [0.5, 0.6) is 5.75 Å². The van der Waals surface area contributed by atoms with Crippen LogP contribution in [-0.2, 0) is 0 Å². The van der Waals surface area contributed by atoms with E-state index in [0.717, 1.165) is 6.42 Å². The van der Waals surface area contributed by atoms with Crippen LogP contribution in [0, 0.1) is 22.7 Å². The van der Waals surface area contributed by atoms with Gasteiger partial charge in [-0.15, -0.1) is 0 Å². The highest BCUT2D eigenvalue weighted by Gasteiger charge is 2.10. The van der Waals surface area contributed by atoms with E-state index in [-0.39, 0.29) is 6.10 Å². The molecule has 0 amide bonds. The van der Waals surface area contributed by atoms with Gasteiger partial charge in [-0.2, -0.15) is 10.5 Å². The Labute approximate surface area is 89.5 Å². The van der Waals surface area contributed by atoms with Gasteiger partial charge in [-0.3, -0.25) is 0 Å². The summed E-state index contributed by atoms with van der Waals surface area (Å²) in [5.74, 6) is 0.492. The molecular weight excluding hydrogens is 188 g/mol. The molecule has 0 spiro atoms. The van der Waals surface area contributed by atoms with Crippen molar-refractivity contribution < 1.29 is 4.74 Å². The second-order valence-corrected chi connectivity index (χ2v) is 3.24. The van der Waals surface area contributed by atoms with Gasteiger partial charge in [0.05, 0.1) is 11.7 Å². The van der Waals surface area contributed by atoms with Gasteiger partial charge in [0, 0.05) is 0 Å². The van der Waals surface area contributed by atoms with E-state index >= 15 is 0 Å². The molecule has 1 aromatic rings. The fourth-order valence-corrected chi connectivity index (χ4v) is 1.14. The molecule has 0 heterocycles. The summed E-state index contributed by atoms with van der Waals surface area (Å²) in [6.07, 6.45) is 0.910. The van der Waals surface area contributed by atoms with Gasteiger partial charge in [0.1, 0.15) is 23.5 Å². The van der Waals surface area contributed by atoms with Crippen molar-refractivity contribution in [2.75, 3.05) is 0 Å². The van der Waals surface area contributed by atoms with Crippen molar-refractivity contribution >= 4 is 0 Å². The largest absolute Gasteiger partial charge is 0.489 e. The van der Waals surface area contributed by atoms with Crippen molar-refractivity contribution in [3.05, 3.63) is 29.3 Å². The maximum absolute atomic E-state index is 8.93. The molecule has 0 saturated carbocycles. The number of nitriles is 2. The molecule has 76 valence electrons. The molecule has 3 nitrogen and oxygen atoms in total. The van der Waals surface area contributed by atoms with Crippen molar-refractivity contribution in [3.63, 3.8) is 0 Å². The van der Waals surface area contributed by atoms with Crippen molar-refractivity contribution in [1.82, 2.24) is 0 Å². The van der Waals surface area contributed by atoms with Gasteiger partial charge in [0.25, 0.3) is 0 Å². The van der Waals surface area contributed by atoms with Crippen molar-refractivity contribution in [2.24, 2.45) is 0 Å². The summed E-state index contributed by atoms with van der Waals surface area (Å²) in [4.78, 5) is 0. The lowest BCUT2D eigenvalue weighted by Crippen LogP contribution is -2.11. The fourth-order valence-electron chi connectivity index (χ4n) is 1.14. The van der Waals surface area contributed by atoms with Crippen molar-refractivity contribution in [1.29, 1.82) is 10.5 Å². The second kappa shape index (κ2) is 5.02. The molecule has 1 atom stereocenters. The Hall–Kier alpha value is -2.00. The average Bonchev–Trinajstić information content (AvgIpc) is 2.28. The third-order valence-corrected chi connectivity index (χ3v) is 2.16. The van der Waals surface area contributed by atoms with Crippen LogP contribution in [0.3, 0.4) is 0 Å². The zero-order chi connectivity index (χ0) is 11.3. The Kier molecular flexibility index (Phi) is 3.71. The molecule has 0 N–H and O–H groups in total. The van der Waals surface area contributed by atoms with Crippen LogP contribution in [0.2, 0.25) is 0 Å². The SMILES string of the molecule is CCC(C)Oc1cccc(C#N)c1C#N. The quantitative estimate of drug-likeness (QED) is 0.753. The molecule has 1 rings (SSSR count). The lowest BCUT2D eigenvalue weighted by Gasteiger charge is -2.13. The van der Waals surface area contributed by atoms with E-state index in [1.165, 1.54) is 0 Å². The van der Waals surface area contributed by atoms with Gasteiger partial charge < -0.3 is 4.74 Å². The van der Waals surface area contributed by atoms with Gasteiger partial charge in [0.15, 0.2) is 0 Å². The zero-order valence-electron chi connectivity index (χ0n) is 8.82. The van der Waals surface area contributed by atoms with Crippen LogP contribution in [0.4, 0.5) is 0 Å². The fraction of sp³-hybridized carbons (Fsp3) is 0.333. The Morgan fingerprint density at radius 3 is 2.60 bits per heavy atom. The van der Waals surface area contributed by atoms with Crippen LogP contribution in [0.15, 0.2) is 18.2 Å². The molecule has 1 aromatic carbocycles. The third-order valence-electron chi connectivity index (χ3n) is 2.16. The zero-order valence-corrected chi connectivity index (χ0v) is 8.82. The number of benzene rings is 1. The molecule has 0 aliphatic rings. The minimum atomic E-state index is 0.0473. The first-order valence-electron chi connectivity index (χ1n) is 4.82. The molecule has 0 fully saturated rings. The van der Waals surface area contributed by atoms with Crippen LogP contribution in [-0.4, -0.2) is 6.10 Å². The molecule has 0 bridgehead atoms. The van der Waals surface area contributed by atoms with Crippen LogP contribution < -0.4 is 4.74 Å². The molecule has 15 heavy (non-hydrogen) atoms. The first kappa shape index (κ1) is 11.1. The van der Waals surface area contributed by atoms with E-state index in [2.05, 4.69) is 0 Å². The summed E-state index contributed by atoms with van der Waals surface area (Å²) in [5.41, 5.74) is 0.679. The Balaban J connectivity index is 3.09. The van der Waals surface area contributed by atoms with Crippen LogP contribution in [0.25, 0.3) is 0 Å². The van der Waals surface area contributed by atoms with E-state index in [0.29, 0.717) is 16.9 Å². The normalized spacial score (nSPS) is 11.2. The average molecular weight is 200 g/mol. The number of hydrogen-bond acceptors (Lipinski definition) is 3. The standard InChI is InChI=1S/C12H12N2O/c1-3-9(2)15-12-6-4-5-10(7-13)11(12)8-14/h4-6,9H,3H2,1-2H3. The van der Waals surface area contributed by atoms with Crippen molar-refractivity contribution in [3.8, 4) is 17.9 Å². The smallest absolute Gasteiger partial charge is 0.138 e. The summed E-state index contributed by atoms with van der Waals surface area (Å²) in [7, 11) is 0. The van der Waals surface area contributed by atoms with Gasteiger partial charge in [-0.05, 0) is 25.5 Å². The Morgan fingerprint density at radius 2 is 2.07 bits per heavy atom. The molecule has 0 aliphatic heterocycles. The molecule has 0 aromatic heterocycles. The summed E-state index contributed by atoms with van der Waals surface area (Å²) >= 11 is 0. The van der Waals surface area contributed by atoms with Gasteiger partial charge in [0.2, 0.25) is 0 Å². The summed E-state index contributed by atoms with van der Waals surface area (Å²) < 4.78 is 5.55. The number of nitrogens with zero attached hydrogens (tertiary/aromatic N) is 2. The Bertz CT molecular complexity index is 426. The molecule has 0 saturated heterocycles. The maximum atomic E-state index is 8.93. The first-order valence-corrected chi connectivity index (χ1v) is 4.82. The molecule has 1 unspecified atom stereocenters. The lowest BCUT2D eigenvalue weighted by molar-refractivity contribution is 0.217. The number of hydrogen-bond donors (Lipinski definition) is 0. The molecule has 0 aliphatic carbocycles. The number of rotatable bonds is 3. The van der Waals surface area contributed by atoms with Gasteiger partial charge >= 0.3 is 0 Å². The van der Waals surface area contributed by atoms with E-state index in [1.807, 2.05) is 26.0 Å². The third kappa shape index (κ3) is 2.48. The van der Waals surface area contributed by atoms with Crippen molar-refractivity contribution in [2.45, 2.75) is 26.4 Å². The van der Waals surface area contributed by atoms with E-state index in [9.17, 15) is 0 Å². The topological polar surface area (TPSA) is 56.8 Å². The molecule has 0 radical (unpaired) electrons. The lowest BCUT2D eigenvalue weighted by atomic mass is 10.1. The second-order valence-electron chi connectivity index (χ2n) is 3.24. The molecular formula is C12H12N2O. The predicted octanol–water partition coefficient (Wildman–Crippen LogP) is 2.61. The summed E-state index contributed by atoms with van der Waals surface area (Å²) in [6.45, 7) is 3.94. The number of ether oxygens (including phenoxy) is 1. The van der Waals surface area contributed by atoms with E-state index in [4.69, 9.17) is 15.3 Å². The minimum absolute atomic E-state index is 0.0473. The van der Waals surface area contributed by atoms with E-state index in [1.54, 1.807) is 18.2 Å². The van der Waals surface area contributed by atoms with Gasteiger partial charge in [-0.1, -0.05) is 13.0 Å². The maximum Gasteiger partial charge on any atom is 0.138 e. The monoisotopic (exact) mass is 200 g/mol. The highest BCUT2D eigenvalue weighted by atomic mass is 16.5. The highest BCUT2D eigenvalue weighted by Crippen LogP contribution is 2.22. The van der Waals surface area contributed by atoms with E-state index < -0.39 is 0 Å². The van der Waals surface area contributed by atoms with Crippen LogP contribution in [0.1, 0.15) is 31.4 Å². The highest BCUT2D eigenvalue weighted by molar-refractivity contribution is 5.53. The predicted molar refractivity (Wildman–Crippen MR) is 56.3 cm³/mol. The Morgan fingerprint density at radius 1 is 1.33 bits per heavy atom. The first-order chi connectivity index (χ1) is 7.22.